The highest BCUT2D eigenvalue weighted by molar-refractivity contribution is 7.12. The monoisotopic (exact) mass is 227 g/mol. The molecule has 0 atom stereocenters. The van der Waals surface area contributed by atoms with Crippen LogP contribution in [0.5, 0.6) is 0 Å². The van der Waals surface area contributed by atoms with Crippen molar-refractivity contribution in [1.29, 1.82) is 0 Å². The molecule has 86 valence electrons. The summed E-state index contributed by atoms with van der Waals surface area (Å²) < 4.78 is 5.45. The fourth-order valence-electron chi connectivity index (χ4n) is 1.32. The minimum atomic E-state index is 0.332. The van der Waals surface area contributed by atoms with E-state index in [2.05, 4.69) is 39.1 Å². The van der Waals surface area contributed by atoms with Crippen LogP contribution < -0.4 is 5.32 Å². The Morgan fingerprint density at radius 2 is 2.13 bits per heavy atom. The van der Waals surface area contributed by atoms with Crippen LogP contribution in [0.1, 0.15) is 29.2 Å². The van der Waals surface area contributed by atoms with Crippen LogP contribution in [0.15, 0.2) is 6.07 Å². The number of aryl methyl sites for hydroxylation is 2. The number of rotatable bonds is 6. The molecule has 0 aliphatic heterocycles. The molecule has 0 saturated heterocycles. The maximum Gasteiger partial charge on any atom is 0.0594 e. The molecule has 3 heteroatoms. The maximum atomic E-state index is 5.45. The van der Waals surface area contributed by atoms with Crippen LogP contribution in [0, 0.1) is 13.8 Å². The molecule has 0 aliphatic rings. The zero-order valence-corrected chi connectivity index (χ0v) is 10.9. The van der Waals surface area contributed by atoms with Crippen molar-refractivity contribution in [2.75, 3.05) is 13.2 Å². The predicted octanol–water partition coefficient (Wildman–Crippen LogP) is 2.88. The first-order valence-corrected chi connectivity index (χ1v) is 6.29. The number of thiophene rings is 1. The lowest BCUT2D eigenvalue weighted by atomic mass is 10.3. The molecule has 1 aromatic heterocycles. The van der Waals surface area contributed by atoms with Crippen molar-refractivity contribution in [2.45, 2.75) is 40.3 Å². The zero-order chi connectivity index (χ0) is 11.3. The van der Waals surface area contributed by atoms with E-state index in [9.17, 15) is 0 Å². The van der Waals surface area contributed by atoms with Gasteiger partial charge in [0.05, 0.1) is 12.7 Å². The van der Waals surface area contributed by atoms with Crippen molar-refractivity contribution < 1.29 is 4.74 Å². The van der Waals surface area contributed by atoms with Gasteiger partial charge in [0.25, 0.3) is 0 Å². The first-order chi connectivity index (χ1) is 7.09. The van der Waals surface area contributed by atoms with E-state index < -0.39 is 0 Å². The van der Waals surface area contributed by atoms with E-state index in [1.54, 1.807) is 0 Å². The minimum Gasteiger partial charge on any atom is -0.377 e. The lowest BCUT2D eigenvalue weighted by molar-refractivity contribution is 0.0807. The highest BCUT2D eigenvalue weighted by Crippen LogP contribution is 2.19. The third-order valence-corrected chi connectivity index (χ3v) is 3.40. The predicted molar refractivity (Wildman–Crippen MR) is 66.6 cm³/mol. The standard InChI is InChI=1S/C12H21NOS/c1-9(2)14-6-5-13-8-12-7-10(3)11(4)15-12/h7,9,13H,5-6,8H2,1-4H3. The molecule has 0 unspecified atom stereocenters. The summed E-state index contributed by atoms with van der Waals surface area (Å²) >= 11 is 1.88. The van der Waals surface area contributed by atoms with Crippen LogP contribution in [0.25, 0.3) is 0 Å². The average Bonchev–Trinajstić information content (AvgIpc) is 2.45. The largest absolute Gasteiger partial charge is 0.377 e. The molecule has 0 aliphatic carbocycles. The number of ether oxygens (including phenoxy) is 1. The molecule has 1 heterocycles. The molecule has 0 aromatic carbocycles. The van der Waals surface area contributed by atoms with E-state index in [-0.39, 0.29) is 0 Å². The minimum absolute atomic E-state index is 0.332. The van der Waals surface area contributed by atoms with E-state index in [0.29, 0.717) is 6.10 Å². The van der Waals surface area contributed by atoms with Crippen LogP contribution >= 0.6 is 11.3 Å². The summed E-state index contributed by atoms with van der Waals surface area (Å²) in [5, 5.41) is 3.38. The van der Waals surface area contributed by atoms with E-state index >= 15 is 0 Å². The molecule has 1 rings (SSSR count). The van der Waals surface area contributed by atoms with Crippen LogP contribution in [-0.4, -0.2) is 19.3 Å². The summed E-state index contributed by atoms with van der Waals surface area (Å²) in [6, 6.07) is 2.26. The smallest absolute Gasteiger partial charge is 0.0594 e. The van der Waals surface area contributed by atoms with Crippen molar-refractivity contribution >= 4 is 11.3 Å². The first-order valence-electron chi connectivity index (χ1n) is 5.48. The summed E-state index contributed by atoms with van der Waals surface area (Å²) in [4.78, 5) is 2.83. The maximum absolute atomic E-state index is 5.45. The van der Waals surface area contributed by atoms with Crippen molar-refractivity contribution in [3.05, 3.63) is 21.4 Å². The van der Waals surface area contributed by atoms with Crippen molar-refractivity contribution in [2.24, 2.45) is 0 Å². The number of hydrogen-bond donors (Lipinski definition) is 1. The normalized spacial score (nSPS) is 11.3. The van der Waals surface area contributed by atoms with Gasteiger partial charge in [-0.3, -0.25) is 0 Å². The van der Waals surface area contributed by atoms with Crippen LogP contribution in [0.3, 0.4) is 0 Å². The topological polar surface area (TPSA) is 21.3 Å². The van der Waals surface area contributed by atoms with Gasteiger partial charge in [-0.15, -0.1) is 11.3 Å². The Hall–Kier alpha value is -0.380. The molecular weight excluding hydrogens is 206 g/mol. The zero-order valence-electron chi connectivity index (χ0n) is 10.1. The molecule has 0 spiro atoms. The van der Waals surface area contributed by atoms with Crippen LogP contribution in [-0.2, 0) is 11.3 Å². The van der Waals surface area contributed by atoms with Gasteiger partial charge in [0.2, 0.25) is 0 Å². The molecule has 0 bridgehead atoms. The van der Waals surface area contributed by atoms with Gasteiger partial charge in [-0.25, -0.2) is 0 Å². The van der Waals surface area contributed by atoms with E-state index in [1.165, 1.54) is 15.3 Å². The average molecular weight is 227 g/mol. The lowest BCUT2D eigenvalue weighted by Crippen LogP contribution is -2.20. The quantitative estimate of drug-likeness (QED) is 0.755. The Morgan fingerprint density at radius 1 is 1.40 bits per heavy atom. The second-order valence-electron chi connectivity index (χ2n) is 4.05. The summed E-state index contributed by atoms with van der Waals surface area (Å²) in [7, 11) is 0. The van der Waals surface area contributed by atoms with E-state index in [4.69, 9.17) is 4.74 Å². The molecular formula is C12H21NOS. The molecule has 0 amide bonds. The van der Waals surface area contributed by atoms with Crippen molar-refractivity contribution in [3.63, 3.8) is 0 Å². The summed E-state index contributed by atoms with van der Waals surface area (Å²) in [5.41, 5.74) is 1.40. The fraction of sp³-hybridized carbons (Fsp3) is 0.667. The third-order valence-electron chi connectivity index (χ3n) is 2.25. The van der Waals surface area contributed by atoms with Gasteiger partial charge in [-0.05, 0) is 39.3 Å². The molecule has 0 saturated carbocycles. The van der Waals surface area contributed by atoms with Gasteiger partial charge in [0.1, 0.15) is 0 Å². The molecule has 1 aromatic rings. The molecule has 0 radical (unpaired) electrons. The summed E-state index contributed by atoms with van der Waals surface area (Å²) in [6.45, 7) is 11.1. The SMILES string of the molecule is Cc1cc(CNCCOC(C)C)sc1C. The first kappa shape index (κ1) is 12.7. The third kappa shape index (κ3) is 4.78. The van der Waals surface area contributed by atoms with Gasteiger partial charge in [-0.2, -0.15) is 0 Å². The summed E-state index contributed by atoms with van der Waals surface area (Å²) in [5.74, 6) is 0. The Bertz CT molecular complexity index is 274. The second kappa shape index (κ2) is 6.26. The number of nitrogens with one attached hydrogen (secondary N) is 1. The van der Waals surface area contributed by atoms with Crippen molar-refractivity contribution in [3.8, 4) is 0 Å². The van der Waals surface area contributed by atoms with Crippen LogP contribution in [0.2, 0.25) is 0 Å². The van der Waals surface area contributed by atoms with Gasteiger partial charge in [-0.1, -0.05) is 0 Å². The molecule has 1 N–H and O–H groups in total. The molecule has 2 nitrogen and oxygen atoms in total. The Kier molecular flexibility index (Phi) is 5.29. The Labute approximate surface area is 96.7 Å². The Morgan fingerprint density at radius 3 is 2.67 bits per heavy atom. The lowest BCUT2D eigenvalue weighted by Gasteiger charge is -2.07. The summed E-state index contributed by atoms with van der Waals surface area (Å²) in [6.07, 6.45) is 0.332. The van der Waals surface area contributed by atoms with Gasteiger partial charge >= 0.3 is 0 Å². The van der Waals surface area contributed by atoms with Gasteiger partial charge in [0, 0.05) is 22.8 Å². The van der Waals surface area contributed by atoms with Crippen molar-refractivity contribution in [1.82, 2.24) is 5.32 Å². The Balaban J connectivity index is 2.15. The molecule has 0 fully saturated rings. The highest BCUT2D eigenvalue weighted by Gasteiger charge is 2.00. The number of hydrogen-bond acceptors (Lipinski definition) is 3. The van der Waals surface area contributed by atoms with E-state index in [1.807, 2.05) is 11.3 Å². The fourth-order valence-corrected chi connectivity index (χ4v) is 2.34. The van der Waals surface area contributed by atoms with E-state index in [0.717, 1.165) is 19.7 Å². The highest BCUT2D eigenvalue weighted by atomic mass is 32.1. The second-order valence-corrected chi connectivity index (χ2v) is 5.39. The van der Waals surface area contributed by atoms with Gasteiger partial charge in [0.15, 0.2) is 0 Å². The van der Waals surface area contributed by atoms with Gasteiger partial charge < -0.3 is 10.1 Å². The molecule has 15 heavy (non-hydrogen) atoms. The van der Waals surface area contributed by atoms with Crippen LogP contribution in [0.4, 0.5) is 0 Å².